The lowest BCUT2D eigenvalue weighted by Crippen LogP contribution is -2.41. The predicted molar refractivity (Wildman–Crippen MR) is 118 cm³/mol. The Hall–Kier alpha value is -4.00. The Labute approximate surface area is 194 Å². The lowest BCUT2D eigenvalue weighted by atomic mass is 9.93. The van der Waals surface area contributed by atoms with E-state index in [9.17, 15) is 18.0 Å². The zero-order valence-electron chi connectivity index (χ0n) is 18.0. The average molecular weight is 466 g/mol. The van der Waals surface area contributed by atoms with E-state index in [1.807, 2.05) is 6.07 Å². The second kappa shape index (κ2) is 9.87. The predicted octanol–water partition coefficient (Wildman–Crippen LogP) is 5.00. The molecular formula is C24H21F3N6O. The quantitative estimate of drug-likeness (QED) is 0.490. The molecule has 0 spiro atoms. The van der Waals surface area contributed by atoms with Crippen molar-refractivity contribution < 1.29 is 18.0 Å². The Kier molecular flexibility index (Phi) is 6.72. The third kappa shape index (κ3) is 5.86. The smallest absolute Gasteiger partial charge is 0.258 e. The molecule has 0 saturated heterocycles. The highest BCUT2D eigenvalue weighted by Crippen LogP contribution is 2.34. The maximum atomic E-state index is 13.6. The van der Waals surface area contributed by atoms with E-state index in [1.54, 1.807) is 36.4 Å². The van der Waals surface area contributed by atoms with Crippen LogP contribution in [-0.4, -0.2) is 23.8 Å². The molecule has 2 aromatic carbocycles. The van der Waals surface area contributed by atoms with Crippen molar-refractivity contribution in [2.45, 2.75) is 43.7 Å². The molecule has 4 rings (SSSR count). The van der Waals surface area contributed by atoms with Crippen LogP contribution in [0.25, 0.3) is 0 Å². The summed E-state index contributed by atoms with van der Waals surface area (Å²) in [6, 6.07) is 13.1. The number of benzene rings is 2. The Balaban J connectivity index is 1.53. The van der Waals surface area contributed by atoms with Gasteiger partial charge in [0.2, 0.25) is 11.9 Å². The lowest BCUT2D eigenvalue weighted by molar-refractivity contribution is -0.0374. The third-order valence-corrected chi connectivity index (χ3v) is 5.55. The van der Waals surface area contributed by atoms with E-state index < -0.39 is 23.9 Å². The van der Waals surface area contributed by atoms with E-state index in [2.05, 4.69) is 25.9 Å². The first-order valence-electron chi connectivity index (χ1n) is 10.7. The summed E-state index contributed by atoms with van der Waals surface area (Å²) >= 11 is 0. The number of nitriles is 1. The van der Waals surface area contributed by atoms with Gasteiger partial charge in [-0.05, 0) is 54.8 Å². The molecule has 0 aromatic heterocycles. The minimum absolute atomic E-state index is 0.0486. The van der Waals surface area contributed by atoms with Gasteiger partial charge in [0.05, 0.1) is 17.7 Å². The van der Waals surface area contributed by atoms with Gasteiger partial charge in [-0.3, -0.25) is 10.1 Å². The van der Waals surface area contributed by atoms with Gasteiger partial charge in [-0.2, -0.15) is 10.4 Å². The minimum Gasteiger partial charge on any atom is -0.309 e. The summed E-state index contributed by atoms with van der Waals surface area (Å²) in [5.74, 6) is -3.23. The maximum absolute atomic E-state index is 13.6. The van der Waals surface area contributed by atoms with Crippen molar-refractivity contribution in [1.82, 2.24) is 10.6 Å². The highest BCUT2D eigenvalue weighted by Gasteiger charge is 2.35. The van der Waals surface area contributed by atoms with Crippen molar-refractivity contribution in [3.8, 4) is 6.07 Å². The van der Waals surface area contributed by atoms with Crippen LogP contribution in [0.1, 0.15) is 53.2 Å². The molecule has 1 amide bonds. The van der Waals surface area contributed by atoms with Gasteiger partial charge < -0.3 is 5.32 Å². The second-order valence-corrected chi connectivity index (χ2v) is 8.10. The van der Waals surface area contributed by atoms with Gasteiger partial charge in [0.15, 0.2) is 5.82 Å². The molecule has 34 heavy (non-hydrogen) atoms. The van der Waals surface area contributed by atoms with Crippen LogP contribution in [-0.2, 0) is 0 Å². The molecule has 1 unspecified atom stereocenters. The van der Waals surface area contributed by atoms with Crippen LogP contribution >= 0.6 is 0 Å². The molecule has 1 aliphatic heterocycles. The largest absolute Gasteiger partial charge is 0.309 e. The summed E-state index contributed by atoms with van der Waals surface area (Å²) < 4.78 is 40.3. The van der Waals surface area contributed by atoms with Crippen LogP contribution in [0.15, 0.2) is 75.6 Å². The van der Waals surface area contributed by atoms with Crippen LogP contribution in [0.4, 0.5) is 13.2 Å². The molecule has 7 nitrogen and oxygen atoms in total. The number of amides is 1. The molecule has 1 aliphatic carbocycles. The van der Waals surface area contributed by atoms with E-state index in [0.717, 1.165) is 5.56 Å². The standard InChI is InChI=1S/C24H21F3N6O/c25-18-6-4-16(5-7-18)20-13-21(33-32-20)30-23(29-19-8-10-24(26,27)11-9-19)31-22(34)17-3-1-2-15(12-17)14-28/h1-7,12-13,19-20H,8-11H2,(H2,29,30,31,34). The number of rotatable bonds is 4. The van der Waals surface area contributed by atoms with E-state index in [4.69, 9.17) is 5.26 Å². The first kappa shape index (κ1) is 23.2. The van der Waals surface area contributed by atoms with Crippen LogP contribution in [0.5, 0.6) is 0 Å². The molecule has 1 heterocycles. The van der Waals surface area contributed by atoms with E-state index in [-0.39, 0.29) is 43.0 Å². The fourth-order valence-corrected chi connectivity index (χ4v) is 3.69. The van der Waals surface area contributed by atoms with Crippen molar-refractivity contribution in [3.63, 3.8) is 0 Å². The Morgan fingerprint density at radius 2 is 1.88 bits per heavy atom. The number of hydrogen-bond donors (Lipinski definition) is 2. The van der Waals surface area contributed by atoms with Gasteiger partial charge in [-0.15, -0.1) is 5.11 Å². The number of aliphatic imine (C=N–C) groups is 1. The second-order valence-electron chi connectivity index (χ2n) is 8.10. The Morgan fingerprint density at radius 3 is 2.59 bits per heavy atom. The fourth-order valence-electron chi connectivity index (χ4n) is 3.69. The summed E-state index contributed by atoms with van der Waals surface area (Å²) in [5, 5.41) is 22.9. The first-order valence-corrected chi connectivity index (χ1v) is 10.7. The zero-order valence-corrected chi connectivity index (χ0v) is 18.0. The number of halogens is 3. The third-order valence-electron chi connectivity index (χ3n) is 5.55. The van der Waals surface area contributed by atoms with Gasteiger partial charge in [0.25, 0.3) is 5.91 Å². The highest BCUT2D eigenvalue weighted by molar-refractivity contribution is 6.06. The molecule has 0 bridgehead atoms. The number of nitrogens with zero attached hydrogens (tertiary/aromatic N) is 4. The van der Waals surface area contributed by atoms with Crippen molar-refractivity contribution in [2.75, 3.05) is 0 Å². The summed E-state index contributed by atoms with van der Waals surface area (Å²) in [5.41, 5.74) is 1.30. The molecule has 1 fully saturated rings. The van der Waals surface area contributed by atoms with E-state index in [1.165, 1.54) is 18.2 Å². The molecule has 0 radical (unpaired) electrons. The van der Waals surface area contributed by atoms with Gasteiger partial charge in [0, 0.05) is 18.4 Å². The topological polar surface area (TPSA) is 102 Å². The van der Waals surface area contributed by atoms with Crippen molar-refractivity contribution in [2.24, 2.45) is 15.2 Å². The van der Waals surface area contributed by atoms with Crippen LogP contribution < -0.4 is 10.6 Å². The van der Waals surface area contributed by atoms with Crippen LogP contribution in [0.3, 0.4) is 0 Å². The Bertz CT molecular complexity index is 1190. The summed E-state index contributed by atoms with van der Waals surface area (Å²) in [7, 11) is 0. The van der Waals surface area contributed by atoms with Crippen LogP contribution in [0, 0.1) is 17.1 Å². The average Bonchev–Trinajstić information content (AvgIpc) is 3.29. The fraction of sp³-hybridized carbons (Fsp3) is 0.292. The Morgan fingerprint density at radius 1 is 1.15 bits per heavy atom. The monoisotopic (exact) mass is 466 g/mol. The van der Waals surface area contributed by atoms with Gasteiger partial charge >= 0.3 is 0 Å². The summed E-state index contributed by atoms with van der Waals surface area (Å²) in [6.45, 7) is 0. The number of nitrogens with one attached hydrogen (secondary N) is 2. The number of carbonyl (C=O) groups is 1. The molecule has 10 heteroatoms. The molecule has 174 valence electrons. The van der Waals surface area contributed by atoms with E-state index in [0.29, 0.717) is 11.4 Å². The number of azo groups is 1. The van der Waals surface area contributed by atoms with Gasteiger partial charge in [-0.1, -0.05) is 18.2 Å². The van der Waals surface area contributed by atoms with Gasteiger partial charge in [0.1, 0.15) is 11.9 Å². The van der Waals surface area contributed by atoms with E-state index >= 15 is 0 Å². The van der Waals surface area contributed by atoms with Crippen molar-refractivity contribution >= 4 is 11.9 Å². The SMILES string of the molecule is N#Cc1cccc(C(=O)NC(=NC2CCC(F)(F)CC2)NC2=CC(c3ccc(F)cc3)N=N2)c1. The first-order chi connectivity index (χ1) is 16.3. The number of guanidine groups is 1. The molecule has 2 aromatic rings. The van der Waals surface area contributed by atoms with Crippen LogP contribution in [0.2, 0.25) is 0 Å². The maximum Gasteiger partial charge on any atom is 0.258 e. The molecule has 2 aliphatic rings. The normalized spacial score (nSPS) is 19.9. The van der Waals surface area contributed by atoms with Crippen molar-refractivity contribution in [3.05, 3.63) is 82.9 Å². The lowest BCUT2D eigenvalue weighted by Gasteiger charge is -2.26. The number of carbonyl (C=O) groups excluding carboxylic acids is 1. The summed E-state index contributed by atoms with van der Waals surface area (Å²) in [6.07, 6.45) is 1.48. The molecular weight excluding hydrogens is 445 g/mol. The molecule has 1 saturated carbocycles. The zero-order chi connectivity index (χ0) is 24.1. The van der Waals surface area contributed by atoms with Crippen molar-refractivity contribution in [1.29, 1.82) is 5.26 Å². The van der Waals surface area contributed by atoms with Gasteiger partial charge in [-0.25, -0.2) is 18.2 Å². The molecule has 1 atom stereocenters. The number of hydrogen-bond acceptors (Lipinski definition) is 5. The minimum atomic E-state index is -2.70. The number of alkyl halides is 2. The summed E-state index contributed by atoms with van der Waals surface area (Å²) in [4.78, 5) is 17.3. The highest BCUT2D eigenvalue weighted by atomic mass is 19.3. The molecule has 2 N–H and O–H groups in total.